The number of aryl methyl sites for hydroxylation is 1. The Morgan fingerprint density at radius 3 is 2.76 bits per heavy atom. The average molecular weight is 343 g/mol. The number of benzene rings is 2. The molecule has 0 unspecified atom stereocenters. The van der Waals surface area contributed by atoms with Crippen molar-refractivity contribution >= 4 is 0 Å². The van der Waals surface area contributed by atoms with Crippen molar-refractivity contribution in [2.24, 2.45) is 5.92 Å². The maximum atomic E-state index is 13.0. The second-order valence-corrected chi connectivity index (χ2v) is 6.90. The van der Waals surface area contributed by atoms with Crippen molar-refractivity contribution in [3.63, 3.8) is 0 Å². The first-order valence-corrected chi connectivity index (χ1v) is 8.96. The fourth-order valence-corrected chi connectivity index (χ4v) is 3.68. The van der Waals surface area contributed by atoms with Gasteiger partial charge in [-0.3, -0.25) is 4.90 Å². The van der Waals surface area contributed by atoms with Crippen molar-refractivity contribution in [2.45, 2.75) is 32.2 Å². The van der Waals surface area contributed by atoms with Gasteiger partial charge < -0.3 is 9.84 Å². The fourth-order valence-electron chi connectivity index (χ4n) is 3.68. The molecule has 1 atom stereocenters. The summed E-state index contributed by atoms with van der Waals surface area (Å²) >= 11 is 0. The van der Waals surface area contributed by atoms with Gasteiger partial charge in [0.25, 0.3) is 0 Å². The van der Waals surface area contributed by atoms with Crippen LogP contribution < -0.4 is 4.74 Å². The summed E-state index contributed by atoms with van der Waals surface area (Å²) in [6, 6.07) is 12.1. The van der Waals surface area contributed by atoms with Crippen LogP contribution >= 0.6 is 0 Å². The summed E-state index contributed by atoms with van der Waals surface area (Å²) in [5.74, 6) is 1.58. The Hall–Kier alpha value is -2.07. The van der Waals surface area contributed by atoms with Crippen LogP contribution in [0.3, 0.4) is 0 Å². The van der Waals surface area contributed by atoms with Crippen LogP contribution in [0, 0.1) is 11.7 Å². The molecule has 1 heterocycles. The molecule has 134 valence electrons. The summed E-state index contributed by atoms with van der Waals surface area (Å²) in [4.78, 5) is 2.44. The summed E-state index contributed by atoms with van der Waals surface area (Å²) in [5.41, 5.74) is 2.23. The van der Waals surface area contributed by atoms with E-state index in [1.807, 2.05) is 18.2 Å². The normalized spacial score (nSPS) is 18.2. The second-order valence-electron chi connectivity index (χ2n) is 6.90. The molecule has 2 aromatic rings. The van der Waals surface area contributed by atoms with Crippen LogP contribution in [0.2, 0.25) is 0 Å². The Kier molecular flexibility index (Phi) is 5.92. The first-order chi connectivity index (χ1) is 12.1. The molecule has 0 aliphatic carbocycles. The molecule has 0 amide bonds. The maximum absolute atomic E-state index is 13.0. The van der Waals surface area contributed by atoms with Gasteiger partial charge in [0.1, 0.15) is 17.3 Å². The lowest BCUT2D eigenvalue weighted by molar-refractivity contribution is 0.160. The smallest absolute Gasteiger partial charge is 0.123 e. The minimum absolute atomic E-state index is 0.173. The SMILES string of the molecule is COc1ccc(O)cc1CN1CCC[C@@H](CCc2ccc(F)cc2)C1. The largest absolute Gasteiger partial charge is 0.508 e. The number of phenolic OH excluding ortho intramolecular Hbond substituents is 1. The van der Waals surface area contributed by atoms with Gasteiger partial charge in [0, 0.05) is 18.7 Å². The first-order valence-electron chi connectivity index (χ1n) is 8.96. The number of phenols is 1. The molecule has 0 bridgehead atoms. The molecule has 3 nitrogen and oxygen atoms in total. The van der Waals surface area contributed by atoms with E-state index in [1.54, 1.807) is 19.2 Å². The van der Waals surface area contributed by atoms with E-state index < -0.39 is 0 Å². The molecule has 0 saturated carbocycles. The number of piperidine rings is 1. The Balaban J connectivity index is 1.56. The molecule has 2 aromatic carbocycles. The number of methoxy groups -OCH3 is 1. The Morgan fingerprint density at radius 2 is 2.00 bits per heavy atom. The highest BCUT2D eigenvalue weighted by atomic mass is 19.1. The van der Waals surface area contributed by atoms with E-state index in [-0.39, 0.29) is 11.6 Å². The minimum atomic E-state index is -0.173. The molecular weight excluding hydrogens is 317 g/mol. The molecule has 1 saturated heterocycles. The van der Waals surface area contributed by atoms with Gasteiger partial charge in [-0.15, -0.1) is 0 Å². The number of hydrogen-bond donors (Lipinski definition) is 1. The van der Waals surface area contributed by atoms with Crippen LogP contribution in [0.4, 0.5) is 4.39 Å². The summed E-state index contributed by atoms with van der Waals surface area (Å²) in [6.07, 6.45) is 4.55. The number of halogens is 1. The zero-order valence-corrected chi connectivity index (χ0v) is 14.7. The Morgan fingerprint density at radius 1 is 1.20 bits per heavy atom. The molecule has 25 heavy (non-hydrogen) atoms. The third-order valence-electron chi connectivity index (χ3n) is 5.02. The van der Waals surface area contributed by atoms with Crippen molar-refractivity contribution in [3.05, 3.63) is 59.4 Å². The fraction of sp³-hybridized carbons (Fsp3) is 0.429. The van der Waals surface area contributed by atoms with E-state index in [0.29, 0.717) is 5.92 Å². The van der Waals surface area contributed by atoms with Gasteiger partial charge in [-0.1, -0.05) is 12.1 Å². The number of ether oxygens (including phenoxy) is 1. The van der Waals surface area contributed by atoms with E-state index in [2.05, 4.69) is 4.90 Å². The van der Waals surface area contributed by atoms with E-state index in [1.165, 1.54) is 30.5 Å². The molecule has 1 N–H and O–H groups in total. The van der Waals surface area contributed by atoms with Gasteiger partial charge >= 0.3 is 0 Å². The summed E-state index contributed by atoms with van der Waals surface area (Å²) in [5, 5.41) is 9.74. The van der Waals surface area contributed by atoms with Crippen LogP contribution in [-0.4, -0.2) is 30.2 Å². The highest BCUT2D eigenvalue weighted by molar-refractivity contribution is 5.39. The van der Waals surface area contributed by atoms with Crippen LogP contribution in [0.5, 0.6) is 11.5 Å². The quantitative estimate of drug-likeness (QED) is 0.845. The third-order valence-corrected chi connectivity index (χ3v) is 5.02. The molecule has 0 radical (unpaired) electrons. The predicted octanol–water partition coefficient (Wildman–Crippen LogP) is 4.38. The van der Waals surface area contributed by atoms with Gasteiger partial charge in [-0.25, -0.2) is 4.39 Å². The lowest BCUT2D eigenvalue weighted by Gasteiger charge is -2.33. The van der Waals surface area contributed by atoms with Crippen LogP contribution in [0.25, 0.3) is 0 Å². The molecule has 1 aliphatic heterocycles. The number of likely N-dealkylation sites (tertiary alicyclic amines) is 1. The average Bonchev–Trinajstić information content (AvgIpc) is 2.62. The second kappa shape index (κ2) is 8.34. The Labute approximate surface area is 149 Å². The summed E-state index contributed by atoms with van der Waals surface area (Å²) in [7, 11) is 1.66. The number of rotatable bonds is 6. The van der Waals surface area contributed by atoms with Gasteiger partial charge in [-0.2, -0.15) is 0 Å². The lowest BCUT2D eigenvalue weighted by Crippen LogP contribution is -2.35. The maximum Gasteiger partial charge on any atom is 0.123 e. The summed E-state index contributed by atoms with van der Waals surface area (Å²) < 4.78 is 18.4. The molecule has 3 rings (SSSR count). The van der Waals surface area contributed by atoms with Crippen molar-refractivity contribution in [1.29, 1.82) is 0 Å². The van der Waals surface area contributed by atoms with E-state index in [9.17, 15) is 9.50 Å². The zero-order chi connectivity index (χ0) is 17.6. The molecule has 1 fully saturated rings. The monoisotopic (exact) mass is 343 g/mol. The summed E-state index contributed by atoms with van der Waals surface area (Å²) in [6.45, 7) is 2.93. The highest BCUT2D eigenvalue weighted by Gasteiger charge is 2.21. The van der Waals surface area contributed by atoms with Crippen molar-refractivity contribution in [2.75, 3.05) is 20.2 Å². The van der Waals surface area contributed by atoms with E-state index in [0.717, 1.165) is 43.8 Å². The molecule has 0 spiro atoms. The predicted molar refractivity (Wildman–Crippen MR) is 97.4 cm³/mol. The van der Waals surface area contributed by atoms with Crippen molar-refractivity contribution in [1.82, 2.24) is 4.90 Å². The standard InChI is InChI=1S/C21H26FNO2/c1-25-21-11-10-20(24)13-18(21)15-23-12-2-3-17(14-23)5-4-16-6-8-19(22)9-7-16/h6-11,13,17,24H,2-5,12,14-15H2,1H3/t17-/m0/s1. The highest BCUT2D eigenvalue weighted by Crippen LogP contribution is 2.28. The van der Waals surface area contributed by atoms with E-state index in [4.69, 9.17) is 4.74 Å². The van der Waals surface area contributed by atoms with Gasteiger partial charge in [0.2, 0.25) is 0 Å². The first kappa shape index (κ1) is 17.7. The topological polar surface area (TPSA) is 32.7 Å². The Bertz CT molecular complexity index is 687. The molecule has 1 aliphatic rings. The van der Waals surface area contributed by atoms with Gasteiger partial charge in [0.15, 0.2) is 0 Å². The molecular formula is C21H26FNO2. The van der Waals surface area contributed by atoms with Gasteiger partial charge in [-0.05, 0) is 74.0 Å². The van der Waals surface area contributed by atoms with Crippen molar-refractivity contribution in [3.8, 4) is 11.5 Å². The zero-order valence-electron chi connectivity index (χ0n) is 14.7. The van der Waals surface area contributed by atoms with Crippen LogP contribution in [0.15, 0.2) is 42.5 Å². The lowest BCUT2D eigenvalue weighted by atomic mass is 9.91. The molecule has 0 aromatic heterocycles. The third kappa shape index (κ3) is 4.95. The van der Waals surface area contributed by atoms with Crippen molar-refractivity contribution < 1.29 is 14.2 Å². The number of aromatic hydroxyl groups is 1. The minimum Gasteiger partial charge on any atom is -0.508 e. The molecule has 4 heteroatoms. The van der Waals surface area contributed by atoms with Crippen LogP contribution in [-0.2, 0) is 13.0 Å². The van der Waals surface area contributed by atoms with E-state index >= 15 is 0 Å². The van der Waals surface area contributed by atoms with Gasteiger partial charge in [0.05, 0.1) is 7.11 Å². The number of nitrogens with zero attached hydrogens (tertiary/aromatic N) is 1. The number of hydrogen-bond acceptors (Lipinski definition) is 3. The van der Waals surface area contributed by atoms with Crippen LogP contribution in [0.1, 0.15) is 30.4 Å².